The third-order valence-electron chi connectivity index (χ3n) is 4.44. The Kier molecular flexibility index (Phi) is 3.23. The van der Waals surface area contributed by atoms with Crippen molar-refractivity contribution in [3.63, 3.8) is 0 Å². The second-order valence-electron chi connectivity index (χ2n) is 5.91. The van der Waals surface area contributed by atoms with Gasteiger partial charge in [-0.2, -0.15) is 11.3 Å². The van der Waals surface area contributed by atoms with Gasteiger partial charge in [0.1, 0.15) is 0 Å². The molecule has 0 aromatic carbocycles. The van der Waals surface area contributed by atoms with Crippen molar-refractivity contribution in [1.29, 1.82) is 0 Å². The van der Waals surface area contributed by atoms with Crippen LogP contribution in [0.2, 0.25) is 0 Å². The highest BCUT2D eigenvalue weighted by atomic mass is 32.1. The first-order valence-corrected chi connectivity index (χ1v) is 8.84. The number of rotatable bonds is 2. The van der Waals surface area contributed by atoms with Gasteiger partial charge in [-0.3, -0.25) is 9.59 Å². The SMILES string of the molecule is O=C(c1csnn1)N1CCC2(CC(=O)N(c3ccsc3)C2)C1. The van der Waals surface area contributed by atoms with Crippen molar-refractivity contribution in [3.8, 4) is 0 Å². The van der Waals surface area contributed by atoms with E-state index in [-0.39, 0.29) is 17.2 Å². The Bertz CT molecular complexity index is 701. The van der Waals surface area contributed by atoms with Crippen molar-refractivity contribution in [2.75, 3.05) is 24.5 Å². The summed E-state index contributed by atoms with van der Waals surface area (Å²) in [5.41, 5.74) is 1.26. The first-order valence-electron chi connectivity index (χ1n) is 7.06. The van der Waals surface area contributed by atoms with E-state index in [2.05, 4.69) is 9.59 Å². The van der Waals surface area contributed by atoms with Crippen molar-refractivity contribution in [2.45, 2.75) is 12.8 Å². The van der Waals surface area contributed by atoms with Crippen molar-refractivity contribution in [3.05, 3.63) is 27.9 Å². The highest BCUT2D eigenvalue weighted by Crippen LogP contribution is 2.42. The van der Waals surface area contributed by atoms with Gasteiger partial charge in [-0.1, -0.05) is 4.49 Å². The third-order valence-corrected chi connectivity index (χ3v) is 5.62. The average Bonchev–Trinajstić information content (AvgIpc) is 3.26. The van der Waals surface area contributed by atoms with Crippen LogP contribution in [0.25, 0.3) is 0 Å². The van der Waals surface area contributed by atoms with Gasteiger partial charge in [0.2, 0.25) is 5.91 Å². The molecule has 0 radical (unpaired) electrons. The molecule has 22 heavy (non-hydrogen) atoms. The van der Waals surface area contributed by atoms with Gasteiger partial charge in [0.15, 0.2) is 5.69 Å². The van der Waals surface area contributed by atoms with E-state index in [1.807, 2.05) is 21.7 Å². The summed E-state index contributed by atoms with van der Waals surface area (Å²) in [6.45, 7) is 2.00. The molecule has 6 nitrogen and oxygen atoms in total. The molecule has 4 rings (SSSR count). The van der Waals surface area contributed by atoms with E-state index in [1.54, 1.807) is 21.6 Å². The standard InChI is InChI=1S/C14H14N4O2S2/c19-12-5-14(9-18(12)10-1-4-21-6-10)2-3-17(8-14)13(20)11-7-22-16-15-11/h1,4,6-7H,2-3,5,8-9H2. The summed E-state index contributed by atoms with van der Waals surface area (Å²) in [7, 11) is 0. The summed E-state index contributed by atoms with van der Waals surface area (Å²) in [5, 5.41) is 9.49. The molecule has 2 aliphatic rings. The number of amides is 2. The fourth-order valence-electron chi connectivity index (χ4n) is 3.34. The van der Waals surface area contributed by atoms with Gasteiger partial charge in [-0.05, 0) is 29.4 Å². The number of hydrogen-bond acceptors (Lipinski definition) is 6. The largest absolute Gasteiger partial charge is 0.337 e. The van der Waals surface area contributed by atoms with E-state index in [0.29, 0.717) is 31.7 Å². The van der Waals surface area contributed by atoms with Gasteiger partial charge < -0.3 is 9.80 Å². The van der Waals surface area contributed by atoms with E-state index < -0.39 is 0 Å². The van der Waals surface area contributed by atoms with Crippen molar-refractivity contribution in [1.82, 2.24) is 14.5 Å². The lowest BCUT2D eigenvalue weighted by Gasteiger charge is -2.23. The van der Waals surface area contributed by atoms with Crippen LogP contribution < -0.4 is 4.90 Å². The zero-order valence-corrected chi connectivity index (χ0v) is 13.4. The lowest BCUT2D eigenvalue weighted by Crippen LogP contribution is -2.34. The lowest BCUT2D eigenvalue weighted by molar-refractivity contribution is -0.117. The Labute approximate surface area is 135 Å². The molecule has 1 atom stereocenters. The zero-order valence-electron chi connectivity index (χ0n) is 11.8. The molecule has 0 N–H and O–H groups in total. The van der Waals surface area contributed by atoms with Crippen LogP contribution in [0.15, 0.2) is 22.2 Å². The number of hydrogen-bond donors (Lipinski definition) is 0. The molecule has 1 unspecified atom stereocenters. The molecule has 2 aliphatic heterocycles. The summed E-state index contributed by atoms with van der Waals surface area (Å²) in [6.07, 6.45) is 1.38. The highest BCUT2D eigenvalue weighted by Gasteiger charge is 2.49. The second-order valence-corrected chi connectivity index (χ2v) is 7.29. The molecular formula is C14H14N4O2S2. The van der Waals surface area contributed by atoms with Crippen LogP contribution in [-0.4, -0.2) is 45.9 Å². The van der Waals surface area contributed by atoms with Gasteiger partial charge in [0, 0.05) is 42.2 Å². The van der Waals surface area contributed by atoms with Gasteiger partial charge in [-0.25, -0.2) is 0 Å². The first-order chi connectivity index (χ1) is 10.7. The Morgan fingerprint density at radius 2 is 2.23 bits per heavy atom. The summed E-state index contributed by atoms with van der Waals surface area (Å²) < 4.78 is 3.74. The number of thiophene rings is 1. The fraction of sp³-hybridized carbons (Fsp3) is 0.429. The summed E-state index contributed by atoms with van der Waals surface area (Å²) in [6, 6.07) is 1.97. The van der Waals surface area contributed by atoms with E-state index >= 15 is 0 Å². The average molecular weight is 334 g/mol. The normalized spacial score (nSPS) is 24.6. The molecular weight excluding hydrogens is 320 g/mol. The topological polar surface area (TPSA) is 66.4 Å². The van der Waals surface area contributed by atoms with Crippen molar-refractivity contribution >= 4 is 40.4 Å². The molecule has 4 heterocycles. The van der Waals surface area contributed by atoms with Crippen LogP contribution in [0, 0.1) is 5.41 Å². The molecule has 0 aliphatic carbocycles. The lowest BCUT2D eigenvalue weighted by atomic mass is 9.86. The van der Waals surface area contributed by atoms with E-state index in [0.717, 1.165) is 12.1 Å². The maximum Gasteiger partial charge on any atom is 0.275 e. The molecule has 2 saturated heterocycles. The molecule has 8 heteroatoms. The summed E-state index contributed by atoms with van der Waals surface area (Å²) in [4.78, 5) is 28.4. The van der Waals surface area contributed by atoms with Crippen molar-refractivity contribution in [2.24, 2.45) is 5.41 Å². The van der Waals surface area contributed by atoms with Crippen LogP contribution in [0.4, 0.5) is 5.69 Å². The molecule has 0 bridgehead atoms. The van der Waals surface area contributed by atoms with Gasteiger partial charge in [-0.15, -0.1) is 5.10 Å². The number of carbonyl (C=O) groups excluding carboxylic acids is 2. The molecule has 2 aromatic rings. The fourth-order valence-corrected chi connectivity index (χ4v) is 4.42. The minimum absolute atomic E-state index is 0.0768. The number of likely N-dealkylation sites (tertiary alicyclic amines) is 1. The van der Waals surface area contributed by atoms with Gasteiger partial charge in [0.25, 0.3) is 5.91 Å². The zero-order chi connectivity index (χ0) is 15.2. The van der Waals surface area contributed by atoms with E-state index in [4.69, 9.17) is 0 Å². The maximum absolute atomic E-state index is 12.4. The Balaban J connectivity index is 1.50. The summed E-state index contributed by atoms with van der Waals surface area (Å²) >= 11 is 2.77. The van der Waals surface area contributed by atoms with Crippen LogP contribution in [-0.2, 0) is 4.79 Å². The van der Waals surface area contributed by atoms with E-state index in [9.17, 15) is 9.59 Å². The second kappa shape index (κ2) is 5.13. The number of aromatic nitrogens is 2. The van der Waals surface area contributed by atoms with Crippen LogP contribution in [0.3, 0.4) is 0 Å². The first kappa shape index (κ1) is 13.8. The molecule has 114 valence electrons. The monoisotopic (exact) mass is 334 g/mol. The predicted octanol–water partition coefficient (Wildman–Crippen LogP) is 1.87. The quantitative estimate of drug-likeness (QED) is 0.841. The maximum atomic E-state index is 12.4. The Hall–Kier alpha value is -1.80. The smallest absolute Gasteiger partial charge is 0.275 e. The third kappa shape index (κ3) is 2.22. The van der Waals surface area contributed by atoms with Crippen LogP contribution >= 0.6 is 22.9 Å². The molecule has 0 saturated carbocycles. The molecule has 2 aromatic heterocycles. The minimum Gasteiger partial charge on any atom is -0.337 e. The van der Waals surface area contributed by atoms with Crippen molar-refractivity contribution < 1.29 is 9.59 Å². The predicted molar refractivity (Wildman–Crippen MR) is 84.2 cm³/mol. The number of anilines is 1. The van der Waals surface area contributed by atoms with Gasteiger partial charge in [0.05, 0.1) is 5.69 Å². The molecule has 2 fully saturated rings. The van der Waals surface area contributed by atoms with Crippen LogP contribution in [0.1, 0.15) is 23.3 Å². The van der Waals surface area contributed by atoms with Crippen LogP contribution in [0.5, 0.6) is 0 Å². The van der Waals surface area contributed by atoms with E-state index in [1.165, 1.54) is 11.5 Å². The number of carbonyl (C=O) groups is 2. The Morgan fingerprint density at radius 1 is 1.32 bits per heavy atom. The number of nitrogens with zero attached hydrogens (tertiary/aromatic N) is 4. The molecule has 2 amide bonds. The summed E-state index contributed by atoms with van der Waals surface area (Å²) in [5.74, 6) is 0.0788. The highest BCUT2D eigenvalue weighted by molar-refractivity contribution is 7.08. The minimum atomic E-state index is -0.113. The molecule has 1 spiro atoms. The van der Waals surface area contributed by atoms with Gasteiger partial charge >= 0.3 is 0 Å². The Morgan fingerprint density at radius 3 is 2.95 bits per heavy atom.